The molecule has 23 heavy (non-hydrogen) atoms. The molecule has 2 amide bonds. The number of ether oxygens (including phenoxy) is 1. The zero-order valence-electron chi connectivity index (χ0n) is 12.1. The van der Waals surface area contributed by atoms with Crippen LogP contribution in [-0.2, 0) is 9.59 Å². The van der Waals surface area contributed by atoms with E-state index in [4.69, 9.17) is 16.3 Å². The molecule has 1 aromatic carbocycles. The summed E-state index contributed by atoms with van der Waals surface area (Å²) in [6.07, 6.45) is 2.92. The molecule has 0 aliphatic carbocycles. The highest BCUT2D eigenvalue weighted by Crippen LogP contribution is 2.27. The number of benzene rings is 1. The van der Waals surface area contributed by atoms with Gasteiger partial charge in [0, 0.05) is 11.9 Å². The highest BCUT2D eigenvalue weighted by molar-refractivity contribution is 6.40. The van der Waals surface area contributed by atoms with Crippen LogP contribution in [0.3, 0.4) is 0 Å². The van der Waals surface area contributed by atoms with Gasteiger partial charge in [0.1, 0.15) is 5.75 Å². The van der Waals surface area contributed by atoms with Gasteiger partial charge < -0.3 is 10.1 Å². The molecule has 0 bridgehead atoms. The Kier molecular flexibility index (Phi) is 5.65. The number of pyridine rings is 1. The summed E-state index contributed by atoms with van der Waals surface area (Å²) in [5.74, 6) is -1.32. The van der Waals surface area contributed by atoms with Gasteiger partial charge in [0.05, 0.1) is 24.0 Å². The number of methoxy groups -OCH3 is 1. The van der Waals surface area contributed by atoms with Gasteiger partial charge in [-0.1, -0.05) is 17.7 Å². The van der Waals surface area contributed by atoms with Crippen LogP contribution in [0.15, 0.2) is 47.7 Å². The lowest BCUT2D eigenvalue weighted by molar-refractivity contribution is -0.136. The summed E-state index contributed by atoms with van der Waals surface area (Å²) in [5.41, 5.74) is 3.03. The number of hydrazone groups is 1. The molecule has 0 radical (unpaired) electrons. The maximum absolute atomic E-state index is 11.7. The Labute approximate surface area is 137 Å². The minimum Gasteiger partial charge on any atom is -0.495 e. The predicted octanol–water partition coefficient (Wildman–Crippen LogP) is 1.83. The number of hydrogen-bond acceptors (Lipinski definition) is 5. The fourth-order valence-electron chi connectivity index (χ4n) is 1.59. The molecule has 7 nitrogen and oxygen atoms in total. The second-order valence-electron chi connectivity index (χ2n) is 4.26. The van der Waals surface area contributed by atoms with Crippen molar-refractivity contribution in [3.63, 3.8) is 0 Å². The van der Waals surface area contributed by atoms with E-state index in [2.05, 4.69) is 20.8 Å². The molecule has 0 aliphatic heterocycles. The van der Waals surface area contributed by atoms with Gasteiger partial charge >= 0.3 is 11.8 Å². The Morgan fingerprint density at radius 1 is 1.26 bits per heavy atom. The summed E-state index contributed by atoms with van der Waals surface area (Å²) in [5, 5.41) is 6.38. The molecule has 2 rings (SSSR count). The average molecular weight is 333 g/mol. The number of carbonyl (C=O) groups is 2. The number of amides is 2. The molecule has 1 heterocycles. The largest absolute Gasteiger partial charge is 0.495 e. The molecule has 0 saturated carbocycles. The molecule has 0 fully saturated rings. The van der Waals surface area contributed by atoms with E-state index in [1.165, 1.54) is 19.4 Å². The summed E-state index contributed by atoms with van der Waals surface area (Å²) in [6, 6.07) is 9.85. The van der Waals surface area contributed by atoms with Crippen LogP contribution < -0.4 is 15.5 Å². The molecule has 0 unspecified atom stereocenters. The minimum absolute atomic E-state index is 0.318. The molecule has 0 saturated heterocycles. The number of hydrogen-bond donors (Lipinski definition) is 2. The van der Waals surface area contributed by atoms with Crippen LogP contribution >= 0.6 is 11.6 Å². The van der Waals surface area contributed by atoms with Crippen molar-refractivity contribution in [1.82, 2.24) is 10.4 Å². The zero-order valence-corrected chi connectivity index (χ0v) is 12.9. The van der Waals surface area contributed by atoms with Crippen molar-refractivity contribution in [3.8, 4) is 5.75 Å². The van der Waals surface area contributed by atoms with Crippen molar-refractivity contribution in [1.29, 1.82) is 0 Å². The Balaban J connectivity index is 1.91. The number of rotatable bonds is 4. The van der Waals surface area contributed by atoms with Crippen LogP contribution in [0, 0.1) is 0 Å². The van der Waals surface area contributed by atoms with Gasteiger partial charge in [-0.2, -0.15) is 5.10 Å². The van der Waals surface area contributed by atoms with E-state index in [-0.39, 0.29) is 0 Å². The Hall–Kier alpha value is -2.93. The molecule has 2 N–H and O–H groups in total. The first-order valence-corrected chi connectivity index (χ1v) is 6.87. The highest BCUT2D eigenvalue weighted by atomic mass is 35.5. The van der Waals surface area contributed by atoms with E-state index >= 15 is 0 Å². The van der Waals surface area contributed by atoms with Crippen molar-refractivity contribution in [2.24, 2.45) is 5.10 Å². The molecule has 0 atom stereocenters. The second kappa shape index (κ2) is 7.90. The monoisotopic (exact) mass is 332 g/mol. The van der Waals surface area contributed by atoms with Gasteiger partial charge in [-0.25, -0.2) is 5.43 Å². The first-order chi connectivity index (χ1) is 11.1. The smallest absolute Gasteiger partial charge is 0.329 e. The van der Waals surface area contributed by atoms with Crippen LogP contribution in [0.4, 0.5) is 5.69 Å². The van der Waals surface area contributed by atoms with E-state index in [0.29, 0.717) is 22.2 Å². The first-order valence-electron chi connectivity index (χ1n) is 6.49. The molecule has 0 aliphatic rings. The first kappa shape index (κ1) is 16.4. The lowest BCUT2D eigenvalue weighted by Crippen LogP contribution is -2.32. The predicted molar refractivity (Wildman–Crippen MR) is 86.6 cm³/mol. The lowest BCUT2D eigenvalue weighted by Gasteiger charge is -2.07. The van der Waals surface area contributed by atoms with Crippen molar-refractivity contribution >= 4 is 35.3 Å². The Morgan fingerprint density at radius 2 is 2.09 bits per heavy atom. The molecule has 0 spiro atoms. The molecule has 118 valence electrons. The van der Waals surface area contributed by atoms with E-state index in [1.54, 1.807) is 36.5 Å². The summed E-state index contributed by atoms with van der Waals surface area (Å²) in [7, 11) is 1.48. The van der Waals surface area contributed by atoms with Gasteiger partial charge in [-0.05, 0) is 30.3 Å². The van der Waals surface area contributed by atoms with Crippen LogP contribution in [-0.4, -0.2) is 30.1 Å². The third kappa shape index (κ3) is 4.79. The number of nitrogens with one attached hydrogen (secondary N) is 2. The summed E-state index contributed by atoms with van der Waals surface area (Å²) < 4.78 is 5.00. The number of anilines is 1. The molecule has 8 heteroatoms. The maximum Gasteiger partial charge on any atom is 0.329 e. The van der Waals surface area contributed by atoms with Crippen LogP contribution in [0.1, 0.15) is 5.69 Å². The topological polar surface area (TPSA) is 92.7 Å². The number of carbonyl (C=O) groups excluding carboxylic acids is 2. The van der Waals surface area contributed by atoms with Crippen LogP contribution in [0.25, 0.3) is 0 Å². The molecule has 2 aromatic rings. The standard InChI is InChI=1S/C15H13ClN4O3/c1-23-13-6-5-10(8-12(13)16)19-14(21)15(22)20-18-9-11-4-2-3-7-17-11/h2-9H,1H3,(H,19,21)(H,20,22)/b18-9-. The van der Waals surface area contributed by atoms with Crippen LogP contribution in [0.2, 0.25) is 5.02 Å². The highest BCUT2D eigenvalue weighted by Gasteiger charge is 2.13. The van der Waals surface area contributed by atoms with E-state index in [0.717, 1.165) is 0 Å². The zero-order chi connectivity index (χ0) is 16.7. The Morgan fingerprint density at radius 3 is 2.74 bits per heavy atom. The Bertz CT molecular complexity index is 735. The van der Waals surface area contributed by atoms with Crippen LogP contribution in [0.5, 0.6) is 5.75 Å². The van der Waals surface area contributed by atoms with Crippen molar-refractivity contribution < 1.29 is 14.3 Å². The molecular weight excluding hydrogens is 320 g/mol. The number of halogens is 1. The molecular formula is C15H13ClN4O3. The number of nitrogens with zero attached hydrogens (tertiary/aromatic N) is 2. The van der Waals surface area contributed by atoms with Crippen molar-refractivity contribution in [3.05, 3.63) is 53.3 Å². The fraction of sp³-hybridized carbons (Fsp3) is 0.0667. The third-order valence-corrected chi connectivity index (χ3v) is 2.96. The van der Waals surface area contributed by atoms with E-state index in [1.807, 2.05) is 0 Å². The van der Waals surface area contributed by atoms with E-state index < -0.39 is 11.8 Å². The average Bonchev–Trinajstić information content (AvgIpc) is 2.56. The van der Waals surface area contributed by atoms with Gasteiger partial charge in [-0.3, -0.25) is 14.6 Å². The fourth-order valence-corrected chi connectivity index (χ4v) is 1.85. The van der Waals surface area contributed by atoms with Gasteiger partial charge in [-0.15, -0.1) is 0 Å². The normalized spacial score (nSPS) is 10.3. The third-order valence-electron chi connectivity index (χ3n) is 2.67. The summed E-state index contributed by atoms with van der Waals surface area (Å²) in [4.78, 5) is 27.4. The van der Waals surface area contributed by atoms with Gasteiger partial charge in [0.15, 0.2) is 0 Å². The van der Waals surface area contributed by atoms with Gasteiger partial charge in [0.25, 0.3) is 0 Å². The summed E-state index contributed by atoms with van der Waals surface area (Å²) >= 11 is 5.94. The van der Waals surface area contributed by atoms with Crippen molar-refractivity contribution in [2.45, 2.75) is 0 Å². The molecule has 1 aromatic heterocycles. The maximum atomic E-state index is 11.7. The minimum atomic E-state index is -0.913. The van der Waals surface area contributed by atoms with Crippen molar-refractivity contribution in [2.75, 3.05) is 12.4 Å². The lowest BCUT2D eigenvalue weighted by atomic mass is 10.3. The SMILES string of the molecule is COc1ccc(NC(=O)C(=O)N/N=C\c2ccccn2)cc1Cl. The van der Waals surface area contributed by atoms with E-state index in [9.17, 15) is 9.59 Å². The summed E-state index contributed by atoms with van der Waals surface area (Å²) in [6.45, 7) is 0. The number of aromatic nitrogens is 1. The van der Waals surface area contributed by atoms with Gasteiger partial charge in [0.2, 0.25) is 0 Å². The quantitative estimate of drug-likeness (QED) is 0.507. The second-order valence-corrected chi connectivity index (χ2v) is 4.66.